The summed E-state index contributed by atoms with van der Waals surface area (Å²) in [5.41, 5.74) is 2.30. The highest BCUT2D eigenvalue weighted by molar-refractivity contribution is 5.71. The molecule has 1 atom stereocenters. The number of aliphatic hydroxyl groups excluding tert-OH is 2. The van der Waals surface area contributed by atoms with E-state index in [-0.39, 0.29) is 13.2 Å². The predicted molar refractivity (Wildman–Crippen MR) is 131 cm³/mol. The molecule has 1 unspecified atom stereocenters. The van der Waals surface area contributed by atoms with Crippen LogP contribution in [0, 0.1) is 0 Å². The molecule has 1 aliphatic heterocycles. The van der Waals surface area contributed by atoms with Crippen LogP contribution in [-0.4, -0.2) is 53.0 Å². The topological polar surface area (TPSA) is 106 Å². The van der Waals surface area contributed by atoms with Gasteiger partial charge in [-0.2, -0.15) is 0 Å². The third kappa shape index (κ3) is 4.73. The van der Waals surface area contributed by atoms with Crippen molar-refractivity contribution in [3.05, 3.63) is 62.1 Å². The van der Waals surface area contributed by atoms with Crippen molar-refractivity contribution in [1.82, 2.24) is 23.6 Å². The second-order valence-electron chi connectivity index (χ2n) is 9.12. The maximum atomic E-state index is 13.5. The Bertz CT molecular complexity index is 1260. The fourth-order valence-corrected chi connectivity index (χ4v) is 4.88. The molecule has 184 valence electrons. The average Bonchev–Trinajstić information content (AvgIpc) is 3.20. The minimum absolute atomic E-state index is 0.0797. The Balaban J connectivity index is 1.66. The average molecular weight is 470 g/mol. The fraction of sp³-hybridized carbons (Fsp3) is 0.560. The summed E-state index contributed by atoms with van der Waals surface area (Å²) in [6, 6.07) is 8.30. The van der Waals surface area contributed by atoms with E-state index in [1.54, 1.807) is 4.57 Å². The molecule has 3 heterocycles. The van der Waals surface area contributed by atoms with Crippen molar-refractivity contribution >= 4 is 11.2 Å². The number of unbranched alkanes of at least 4 members (excludes halogenated alkanes) is 1. The number of fused-ring (bicyclic) bond motifs is 2. The maximum absolute atomic E-state index is 13.5. The smallest absolute Gasteiger partial charge is 0.332 e. The first kappa shape index (κ1) is 24.4. The zero-order valence-corrected chi connectivity index (χ0v) is 20.1. The molecular formula is C25H35N5O4. The fourth-order valence-electron chi connectivity index (χ4n) is 4.88. The van der Waals surface area contributed by atoms with Crippen LogP contribution in [0.1, 0.15) is 50.1 Å². The van der Waals surface area contributed by atoms with Crippen LogP contribution in [0.4, 0.5) is 0 Å². The van der Waals surface area contributed by atoms with Gasteiger partial charge in [0, 0.05) is 32.7 Å². The highest BCUT2D eigenvalue weighted by atomic mass is 16.3. The van der Waals surface area contributed by atoms with Gasteiger partial charge in [0.2, 0.25) is 0 Å². The van der Waals surface area contributed by atoms with E-state index >= 15 is 0 Å². The van der Waals surface area contributed by atoms with Crippen molar-refractivity contribution in [1.29, 1.82) is 0 Å². The molecule has 0 aliphatic carbocycles. The van der Waals surface area contributed by atoms with Crippen molar-refractivity contribution in [2.24, 2.45) is 0 Å². The van der Waals surface area contributed by atoms with Gasteiger partial charge < -0.3 is 14.8 Å². The second-order valence-corrected chi connectivity index (χ2v) is 9.12. The molecule has 0 fully saturated rings. The number of aromatic nitrogens is 4. The molecule has 9 nitrogen and oxygen atoms in total. The molecule has 0 bridgehead atoms. The van der Waals surface area contributed by atoms with E-state index < -0.39 is 17.4 Å². The summed E-state index contributed by atoms with van der Waals surface area (Å²) in [4.78, 5) is 33.4. The van der Waals surface area contributed by atoms with Crippen LogP contribution in [0.2, 0.25) is 0 Å². The Kier molecular flexibility index (Phi) is 7.65. The zero-order valence-electron chi connectivity index (χ0n) is 20.1. The molecule has 0 amide bonds. The molecule has 4 rings (SSSR count). The van der Waals surface area contributed by atoms with E-state index in [0.29, 0.717) is 36.6 Å². The van der Waals surface area contributed by atoms with Crippen molar-refractivity contribution in [2.45, 2.75) is 78.4 Å². The molecule has 34 heavy (non-hydrogen) atoms. The van der Waals surface area contributed by atoms with E-state index in [1.807, 2.05) is 26.0 Å². The maximum Gasteiger partial charge on any atom is 0.332 e. The van der Waals surface area contributed by atoms with Crippen LogP contribution in [0.15, 0.2) is 33.9 Å². The highest BCUT2D eigenvalue weighted by Gasteiger charge is 2.24. The number of hydrogen-bond acceptors (Lipinski definition) is 6. The molecule has 3 aromatic rings. The normalized spacial score (nSPS) is 15.1. The van der Waals surface area contributed by atoms with Crippen LogP contribution >= 0.6 is 0 Å². The number of rotatable bonds is 10. The summed E-state index contributed by atoms with van der Waals surface area (Å²) < 4.78 is 4.38. The monoisotopic (exact) mass is 469 g/mol. The number of imidazole rings is 1. The molecule has 1 aromatic carbocycles. The zero-order chi connectivity index (χ0) is 24.2. The Morgan fingerprint density at radius 2 is 1.76 bits per heavy atom. The van der Waals surface area contributed by atoms with Gasteiger partial charge in [-0.05, 0) is 30.4 Å². The Morgan fingerprint density at radius 3 is 2.47 bits per heavy atom. The summed E-state index contributed by atoms with van der Waals surface area (Å²) in [6.45, 7) is 6.52. The number of nitrogens with zero attached hydrogens (tertiary/aromatic N) is 5. The minimum Gasteiger partial charge on any atom is -0.390 e. The molecule has 0 radical (unpaired) electrons. The highest BCUT2D eigenvalue weighted by Crippen LogP contribution is 2.19. The number of aliphatic hydroxyl groups is 2. The molecule has 1 aliphatic rings. The van der Waals surface area contributed by atoms with Gasteiger partial charge in [0.25, 0.3) is 5.56 Å². The van der Waals surface area contributed by atoms with E-state index in [1.165, 1.54) is 15.7 Å². The van der Waals surface area contributed by atoms with Gasteiger partial charge in [-0.1, -0.05) is 44.5 Å². The lowest BCUT2D eigenvalue weighted by molar-refractivity contribution is 0.0896. The largest absolute Gasteiger partial charge is 0.390 e. The molecule has 2 N–H and O–H groups in total. The van der Waals surface area contributed by atoms with Gasteiger partial charge in [0.1, 0.15) is 12.4 Å². The van der Waals surface area contributed by atoms with Crippen molar-refractivity contribution < 1.29 is 10.2 Å². The van der Waals surface area contributed by atoms with Crippen LogP contribution in [0.25, 0.3) is 11.2 Å². The summed E-state index contributed by atoms with van der Waals surface area (Å²) in [5, 5.41) is 20.7. The number of hydrogen-bond donors (Lipinski definition) is 2. The van der Waals surface area contributed by atoms with Gasteiger partial charge in [0.05, 0.1) is 12.6 Å². The summed E-state index contributed by atoms with van der Waals surface area (Å²) in [6.07, 6.45) is 2.45. The number of β-amino-alcohol motifs (C(OH)–C–C–N with tert-alkyl or cyclic N) is 1. The Morgan fingerprint density at radius 1 is 1.00 bits per heavy atom. The van der Waals surface area contributed by atoms with E-state index in [4.69, 9.17) is 0 Å². The Hall–Kier alpha value is -2.75. The third-order valence-electron chi connectivity index (χ3n) is 6.59. The van der Waals surface area contributed by atoms with Crippen molar-refractivity contribution in [3.8, 4) is 0 Å². The van der Waals surface area contributed by atoms with E-state index in [0.717, 1.165) is 43.3 Å². The lowest BCUT2D eigenvalue weighted by Crippen LogP contribution is -2.45. The third-order valence-corrected chi connectivity index (χ3v) is 6.59. The second kappa shape index (κ2) is 10.7. The molecule has 9 heteroatoms. The van der Waals surface area contributed by atoms with Gasteiger partial charge in [-0.25, -0.2) is 9.78 Å². The van der Waals surface area contributed by atoms with Crippen molar-refractivity contribution in [2.75, 3.05) is 13.1 Å². The van der Waals surface area contributed by atoms with E-state index in [2.05, 4.69) is 22.0 Å². The summed E-state index contributed by atoms with van der Waals surface area (Å²) in [5.74, 6) is 0.379. The van der Waals surface area contributed by atoms with Crippen LogP contribution in [-0.2, 0) is 39.2 Å². The summed E-state index contributed by atoms with van der Waals surface area (Å²) in [7, 11) is 0. The van der Waals surface area contributed by atoms with E-state index in [9.17, 15) is 19.8 Å². The lowest BCUT2D eigenvalue weighted by atomic mass is 10.00. The van der Waals surface area contributed by atoms with Crippen LogP contribution in [0.3, 0.4) is 0 Å². The standard InChI is InChI=1S/C25H35N5O4/c1-3-5-12-29-23-22(28(11-4-2)21(17-31)26-23)24(33)30(25(29)34)16-20(32)15-27-13-10-18-8-6-7-9-19(18)14-27/h6-9,20,31-32H,3-5,10-17H2,1-2H3. The lowest BCUT2D eigenvalue weighted by Gasteiger charge is -2.30. The molecule has 0 spiro atoms. The Labute approximate surface area is 198 Å². The first-order chi connectivity index (χ1) is 16.5. The molecule has 0 saturated carbocycles. The first-order valence-electron chi connectivity index (χ1n) is 12.3. The minimum atomic E-state index is -0.868. The SMILES string of the molecule is CCCCn1c(=O)n(CC(O)CN2CCc3ccccc3C2)c(=O)c2c1nc(CO)n2CCC. The van der Waals surface area contributed by atoms with Gasteiger partial charge in [0.15, 0.2) is 11.2 Å². The molecular weight excluding hydrogens is 434 g/mol. The van der Waals surface area contributed by atoms with Gasteiger partial charge in [-0.3, -0.25) is 18.8 Å². The first-order valence-corrected chi connectivity index (χ1v) is 12.3. The van der Waals surface area contributed by atoms with Gasteiger partial charge in [-0.15, -0.1) is 0 Å². The molecule has 2 aromatic heterocycles. The number of aryl methyl sites for hydroxylation is 2. The number of benzene rings is 1. The summed E-state index contributed by atoms with van der Waals surface area (Å²) >= 11 is 0. The van der Waals surface area contributed by atoms with Crippen LogP contribution < -0.4 is 11.2 Å². The predicted octanol–water partition coefficient (Wildman–Crippen LogP) is 1.48. The van der Waals surface area contributed by atoms with Crippen LogP contribution in [0.5, 0.6) is 0 Å². The molecule has 0 saturated heterocycles. The van der Waals surface area contributed by atoms with Gasteiger partial charge >= 0.3 is 5.69 Å². The quantitative estimate of drug-likeness (QED) is 0.466. The van der Waals surface area contributed by atoms with Crippen molar-refractivity contribution in [3.63, 3.8) is 0 Å².